The van der Waals surface area contributed by atoms with E-state index in [0.717, 1.165) is 6.07 Å². The normalized spacial score (nSPS) is 16.6. The van der Waals surface area contributed by atoms with Crippen LogP contribution in [0.4, 0.5) is 11.4 Å². The Bertz CT molecular complexity index is 1700. The Labute approximate surface area is 225 Å². The average Bonchev–Trinajstić information content (AvgIpc) is 2.93. The minimum absolute atomic E-state index is 0.0385. The maximum atomic E-state index is 13.4. The van der Waals surface area contributed by atoms with Crippen LogP contribution >= 0.6 is 0 Å². The van der Waals surface area contributed by atoms with E-state index in [0.29, 0.717) is 54.6 Å². The number of benzene rings is 2. The summed E-state index contributed by atoms with van der Waals surface area (Å²) in [5.41, 5.74) is -1.58. The summed E-state index contributed by atoms with van der Waals surface area (Å²) in [6, 6.07) is 3.41. The molecule has 0 radical (unpaired) electrons. The summed E-state index contributed by atoms with van der Waals surface area (Å²) < 4.78 is 49.3. The molecule has 0 unspecified atom stereocenters. The maximum Gasteiger partial charge on any atom is 0.346 e. The predicted octanol–water partition coefficient (Wildman–Crippen LogP) is 2.29. The van der Waals surface area contributed by atoms with Crippen LogP contribution in [0.1, 0.15) is 35.0 Å². The van der Waals surface area contributed by atoms with Crippen molar-refractivity contribution >= 4 is 32.5 Å². The van der Waals surface area contributed by atoms with Crippen LogP contribution in [-0.4, -0.2) is 55.1 Å². The van der Waals surface area contributed by atoms with Crippen molar-refractivity contribution < 1.29 is 41.4 Å². The van der Waals surface area contributed by atoms with Gasteiger partial charge in [0, 0.05) is 30.1 Å². The molecule has 2 aliphatic heterocycles. The molecule has 3 aromatic rings. The molecule has 3 heterocycles. The van der Waals surface area contributed by atoms with Gasteiger partial charge >= 0.3 is 15.7 Å². The highest BCUT2D eigenvalue weighted by Gasteiger charge is 2.36. The molecular formula is C24H23N3O12S. The lowest BCUT2D eigenvalue weighted by molar-refractivity contribution is -0.396. The number of nitro groups is 2. The Kier molecular flexibility index (Phi) is 7.28. The van der Waals surface area contributed by atoms with Crippen molar-refractivity contribution in [3.63, 3.8) is 0 Å². The van der Waals surface area contributed by atoms with Crippen LogP contribution < -0.4 is 9.81 Å². The standard InChI is InChI=1S/C24H23N3O12S/c1-25-6-5-15-16-9-13(12-28)21(20(24-36-7-2-8-37-24)22(16)38-23(29)17(15)11-25)39-40(34,35)19-4-3-14(26(30)31)10-18(19)27(32)33/h3-4,9-10,24,28H,2,5-8,11-12H2,1H3. The van der Waals surface area contributed by atoms with E-state index in [1.807, 2.05) is 11.9 Å². The number of likely N-dealkylation sites (N-methyl/N-ethyl adjacent to an activating group) is 1. The SMILES string of the molecule is CN1CCc2c(c(=O)oc3c(C4OCCCO4)c(OS(=O)(=O)c4ccc([N+](=O)[O-])cc4[N+](=O)[O-])c(CO)cc23)C1. The fourth-order valence-corrected chi connectivity index (χ4v) is 5.94. The number of aliphatic hydroxyl groups excluding tert-OH is 1. The van der Waals surface area contributed by atoms with Gasteiger partial charge in [-0.15, -0.1) is 0 Å². The lowest BCUT2D eigenvalue weighted by Gasteiger charge is -2.28. The molecule has 0 aliphatic carbocycles. The molecule has 2 aliphatic rings. The van der Waals surface area contributed by atoms with E-state index >= 15 is 0 Å². The van der Waals surface area contributed by atoms with Gasteiger partial charge in [0.25, 0.3) is 11.4 Å². The number of nitro benzene ring substituents is 2. The fourth-order valence-electron chi connectivity index (χ4n) is 4.81. The van der Waals surface area contributed by atoms with Gasteiger partial charge in [0.2, 0.25) is 0 Å². The highest BCUT2D eigenvalue weighted by atomic mass is 32.2. The summed E-state index contributed by atoms with van der Waals surface area (Å²) in [7, 11) is -3.19. The van der Waals surface area contributed by atoms with Gasteiger partial charge in [-0.1, -0.05) is 0 Å². The number of non-ortho nitro benzene ring substituents is 1. The number of fused-ring (bicyclic) bond motifs is 3. The highest BCUT2D eigenvalue weighted by molar-refractivity contribution is 7.87. The van der Waals surface area contributed by atoms with Gasteiger partial charge in [0.15, 0.2) is 22.5 Å². The zero-order chi connectivity index (χ0) is 28.8. The second kappa shape index (κ2) is 10.5. The van der Waals surface area contributed by atoms with Crippen molar-refractivity contribution in [1.82, 2.24) is 4.90 Å². The summed E-state index contributed by atoms with van der Waals surface area (Å²) in [5, 5.41) is 33.5. The first-order valence-electron chi connectivity index (χ1n) is 12.1. The lowest BCUT2D eigenvalue weighted by Crippen LogP contribution is -2.31. The first kappa shape index (κ1) is 27.6. The van der Waals surface area contributed by atoms with Gasteiger partial charge in [-0.2, -0.15) is 8.42 Å². The molecule has 0 saturated carbocycles. The molecular weight excluding hydrogens is 554 g/mol. The van der Waals surface area contributed by atoms with Gasteiger partial charge in [0.05, 0.1) is 46.9 Å². The smallest absolute Gasteiger partial charge is 0.346 e. The second-order valence-corrected chi connectivity index (χ2v) is 10.8. The maximum absolute atomic E-state index is 13.4. The zero-order valence-electron chi connectivity index (χ0n) is 21.0. The summed E-state index contributed by atoms with van der Waals surface area (Å²) >= 11 is 0. The Hall–Kier alpha value is -3.96. The second-order valence-electron chi connectivity index (χ2n) is 9.28. The van der Waals surface area contributed by atoms with E-state index in [2.05, 4.69) is 0 Å². The number of aliphatic hydroxyl groups is 1. The molecule has 212 valence electrons. The van der Waals surface area contributed by atoms with E-state index in [4.69, 9.17) is 18.1 Å². The Morgan fingerprint density at radius 1 is 1.12 bits per heavy atom. The molecule has 1 fully saturated rings. The molecule has 16 heteroatoms. The first-order valence-corrected chi connectivity index (χ1v) is 13.5. The van der Waals surface area contributed by atoms with Gasteiger partial charge < -0.3 is 28.1 Å². The molecule has 5 rings (SSSR count). The molecule has 40 heavy (non-hydrogen) atoms. The number of rotatable bonds is 7. The van der Waals surface area contributed by atoms with Crippen molar-refractivity contribution in [2.45, 2.75) is 37.2 Å². The number of hydrogen-bond donors (Lipinski definition) is 1. The Morgan fingerprint density at radius 2 is 1.85 bits per heavy atom. The van der Waals surface area contributed by atoms with E-state index in [1.54, 1.807) is 0 Å². The quantitative estimate of drug-likeness (QED) is 0.186. The van der Waals surface area contributed by atoms with Crippen molar-refractivity contribution in [2.24, 2.45) is 0 Å². The van der Waals surface area contributed by atoms with Crippen molar-refractivity contribution in [3.8, 4) is 5.75 Å². The summed E-state index contributed by atoms with van der Waals surface area (Å²) in [6.07, 6.45) is -0.256. The molecule has 0 amide bonds. The van der Waals surface area contributed by atoms with E-state index < -0.39 is 60.5 Å². The third kappa shape index (κ3) is 4.90. The summed E-state index contributed by atoms with van der Waals surface area (Å²) in [4.78, 5) is 34.7. The van der Waals surface area contributed by atoms with Crippen LogP contribution in [0.2, 0.25) is 0 Å². The van der Waals surface area contributed by atoms with E-state index in [-0.39, 0.29) is 29.9 Å². The van der Waals surface area contributed by atoms with Gasteiger partial charge in [0.1, 0.15) is 0 Å². The highest BCUT2D eigenvalue weighted by Crippen LogP contribution is 2.43. The van der Waals surface area contributed by atoms with E-state index in [1.165, 1.54) is 6.07 Å². The average molecular weight is 578 g/mol. The number of ether oxygens (including phenoxy) is 2. The minimum Gasteiger partial charge on any atom is -0.422 e. The van der Waals surface area contributed by atoms with Crippen LogP contribution in [0.15, 0.2) is 38.4 Å². The third-order valence-corrected chi connectivity index (χ3v) is 7.96. The van der Waals surface area contributed by atoms with Crippen molar-refractivity contribution in [2.75, 3.05) is 26.8 Å². The van der Waals surface area contributed by atoms with Crippen LogP contribution in [0.3, 0.4) is 0 Å². The van der Waals surface area contributed by atoms with Crippen molar-refractivity contribution in [3.05, 3.63) is 77.2 Å². The topological polar surface area (TPSA) is 202 Å². The summed E-state index contributed by atoms with van der Waals surface area (Å²) in [6.45, 7) is 0.661. The largest absolute Gasteiger partial charge is 0.422 e. The van der Waals surface area contributed by atoms with Gasteiger partial charge in [-0.3, -0.25) is 20.2 Å². The van der Waals surface area contributed by atoms with Crippen LogP contribution in [0.5, 0.6) is 5.75 Å². The minimum atomic E-state index is -5.04. The molecule has 2 aromatic carbocycles. The molecule has 0 atom stereocenters. The van der Waals surface area contributed by atoms with Crippen molar-refractivity contribution in [1.29, 1.82) is 0 Å². The van der Waals surface area contributed by atoms with Crippen LogP contribution in [0, 0.1) is 20.2 Å². The third-order valence-electron chi connectivity index (χ3n) is 6.69. The number of nitrogens with zero attached hydrogens (tertiary/aromatic N) is 3. The van der Waals surface area contributed by atoms with E-state index in [9.17, 15) is 38.5 Å². The Morgan fingerprint density at radius 3 is 2.50 bits per heavy atom. The van der Waals surface area contributed by atoms with Gasteiger partial charge in [-0.25, -0.2) is 4.79 Å². The summed E-state index contributed by atoms with van der Waals surface area (Å²) in [5.74, 6) is -0.495. The number of hydrogen-bond acceptors (Lipinski definition) is 13. The molecule has 1 aromatic heterocycles. The van der Waals surface area contributed by atoms with Crippen LogP contribution in [0.25, 0.3) is 11.0 Å². The molecule has 15 nitrogen and oxygen atoms in total. The monoisotopic (exact) mass is 577 g/mol. The van der Waals surface area contributed by atoms with Crippen LogP contribution in [-0.2, 0) is 39.2 Å². The predicted molar refractivity (Wildman–Crippen MR) is 135 cm³/mol. The van der Waals surface area contributed by atoms with Gasteiger partial charge in [-0.05, 0) is 37.6 Å². The Balaban J connectivity index is 1.75. The fraction of sp³-hybridized carbons (Fsp3) is 0.375. The molecule has 0 spiro atoms. The lowest BCUT2D eigenvalue weighted by atomic mass is 9.94. The molecule has 1 N–H and O–H groups in total. The molecule has 0 bridgehead atoms. The molecule has 1 saturated heterocycles. The first-order chi connectivity index (χ1) is 19.0. The zero-order valence-corrected chi connectivity index (χ0v) is 21.8.